The molecular formula is C15H16FN3S. The van der Waals surface area contributed by atoms with Gasteiger partial charge < -0.3 is 0 Å². The summed E-state index contributed by atoms with van der Waals surface area (Å²) >= 11 is 1.61. The molecule has 1 aromatic carbocycles. The first-order chi connectivity index (χ1) is 9.62. The largest absolute Gasteiger partial charge is 0.299 e. The van der Waals surface area contributed by atoms with Crippen LogP contribution in [0.5, 0.6) is 0 Å². The highest BCUT2D eigenvalue weighted by atomic mass is 32.2. The Hall–Kier alpha value is -1.56. The first kappa shape index (κ1) is 14.8. The van der Waals surface area contributed by atoms with E-state index in [1.54, 1.807) is 23.9 Å². The van der Waals surface area contributed by atoms with Crippen LogP contribution in [0.4, 0.5) is 4.39 Å². The van der Waals surface area contributed by atoms with E-state index >= 15 is 0 Å². The lowest BCUT2D eigenvalue weighted by Crippen LogP contribution is -2.41. The molecule has 1 aromatic rings. The minimum absolute atomic E-state index is 0.278. The number of rotatable bonds is 3. The zero-order chi connectivity index (χ0) is 14.6. The Morgan fingerprint density at radius 1 is 1.35 bits per heavy atom. The van der Waals surface area contributed by atoms with Crippen LogP contribution in [-0.2, 0) is 6.54 Å². The van der Waals surface area contributed by atoms with Crippen LogP contribution < -0.4 is 0 Å². The van der Waals surface area contributed by atoms with Crippen LogP contribution >= 0.6 is 11.8 Å². The molecule has 2 rings (SSSR count). The molecule has 1 saturated heterocycles. The quantitative estimate of drug-likeness (QED) is 0.858. The van der Waals surface area contributed by atoms with Crippen LogP contribution in [0.25, 0.3) is 0 Å². The van der Waals surface area contributed by atoms with Gasteiger partial charge in [-0.25, -0.2) is 4.39 Å². The number of halogens is 1. The van der Waals surface area contributed by atoms with Gasteiger partial charge in [-0.1, -0.05) is 6.07 Å². The van der Waals surface area contributed by atoms with Crippen LogP contribution in [0.15, 0.2) is 18.2 Å². The molecule has 0 aliphatic carbocycles. The van der Waals surface area contributed by atoms with Gasteiger partial charge in [-0.3, -0.25) is 4.90 Å². The molecule has 104 valence electrons. The highest BCUT2D eigenvalue weighted by Crippen LogP contribution is 2.34. The number of benzene rings is 1. The molecular weight excluding hydrogens is 273 g/mol. The Morgan fingerprint density at radius 2 is 2.05 bits per heavy atom. The Bertz CT molecular complexity index is 565. The second-order valence-corrected chi connectivity index (χ2v) is 6.19. The number of piperidine rings is 1. The maximum absolute atomic E-state index is 13.8. The van der Waals surface area contributed by atoms with Crippen molar-refractivity contribution in [1.82, 2.24) is 4.90 Å². The molecule has 1 aliphatic heterocycles. The summed E-state index contributed by atoms with van der Waals surface area (Å²) in [5.74, 6) is -0.328. The summed E-state index contributed by atoms with van der Waals surface area (Å²) in [4.78, 5) is 2.16. The van der Waals surface area contributed by atoms with Crippen molar-refractivity contribution in [3.8, 4) is 12.1 Å². The number of hydrogen-bond donors (Lipinski definition) is 0. The van der Waals surface area contributed by atoms with Gasteiger partial charge in [0.1, 0.15) is 10.6 Å². The fraction of sp³-hybridized carbons (Fsp3) is 0.467. The Morgan fingerprint density at radius 3 is 2.55 bits per heavy atom. The van der Waals surface area contributed by atoms with E-state index in [0.29, 0.717) is 17.7 Å². The van der Waals surface area contributed by atoms with Gasteiger partial charge >= 0.3 is 0 Å². The molecule has 1 fully saturated rings. The van der Waals surface area contributed by atoms with Gasteiger partial charge in [-0.15, -0.1) is 11.8 Å². The van der Waals surface area contributed by atoms with Gasteiger partial charge in [0, 0.05) is 25.2 Å². The zero-order valence-corrected chi connectivity index (χ0v) is 12.2. The molecule has 0 amide bonds. The molecule has 5 heteroatoms. The summed E-state index contributed by atoms with van der Waals surface area (Å²) in [5.41, 5.74) is 0.952. The van der Waals surface area contributed by atoms with Gasteiger partial charge in [0.05, 0.1) is 17.7 Å². The lowest BCUT2D eigenvalue weighted by Gasteiger charge is -2.36. The monoisotopic (exact) mass is 289 g/mol. The third-order valence-corrected chi connectivity index (χ3v) is 5.12. The summed E-state index contributed by atoms with van der Waals surface area (Å²) in [7, 11) is 0. The lowest BCUT2D eigenvalue weighted by atomic mass is 9.97. The third kappa shape index (κ3) is 3.12. The highest BCUT2D eigenvalue weighted by molar-refractivity contribution is 8.00. The van der Waals surface area contributed by atoms with Gasteiger partial charge in [0.25, 0.3) is 0 Å². The van der Waals surface area contributed by atoms with Crippen LogP contribution in [0, 0.1) is 28.5 Å². The number of likely N-dealkylation sites (tertiary alicyclic amines) is 1. The zero-order valence-electron chi connectivity index (χ0n) is 11.4. The average Bonchev–Trinajstić information content (AvgIpc) is 2.50. The fourth-order valence-corrected chi connectivity index (χ4v) is 3.10. The topological polar surface area (TPSA) is 50.8 Å². The smallest absolute Gasteiger partial charge is 0.129 e. The Labute approximate surface area is 123 Å². The number of hydrogen-bond acceptors (Lipinski definition) is 4. The van der Waals surface area contributed by atoms with Crippen molar-refractivity contribution < 1.29 is 4.39 Å². The molecule has 0 atom stereocenters. The minimum Gasteiger partial charge on any atom is -0.299 e. The van der Waals surface area contributed by atoms with E-state index in [2.05, 4.69) is 11.0 Å². The second-order valence-electron chi connectivity index (χ2n) is 5.00. The summed E-state index contributed by atoms with van der Waals surface area (Å²) in [6.45, 7) is 2.13. The fourth-order valence-electron chi connectivity index (χ4n) is 2.42. The Kier molecular flexibility index (Phi) is 4.65. The van der Waals surface area contributed by atoms with E-state index in [9.17, 15) is 9.65 Å². The third-order valence-electron chi connectivity index (χ3n) is 3.83. The molecule has 0 radical (unpaired) electrons. The molecule has 0 spiro atoms. The first-order valence-corrected chi connectivity index (χ1v) is 7.72. The average molecular weight is 289 g/mol. The van der Waals surface area contributed by atoms with Crippen molar-refractivity contribution in [2.75, 3.05) is 19.3 Å². The van der Waals surface area contributed by atoms with E-state index in [4.69, 9.17) is 5.26 Å². The van der Waals surface area contributed by atoms with Crippen molar-refractivity contribution in [2.24, 2.45) is 0 Å². The molecule has 0 aromatic heterocycles. The summed E-state index contributed by atoms with van der Waals surface area (Å²) < 4.78 is 13.6. The van der Waals surface area contributed by atoms with Crippen molar-refractivity contribution >= 4 is 11.8 Å². The van der Waals surface area contributed by atoms with Crippen molar-refractivity contribution in [3.63, 3.8) is 0 Å². The summed E-state index contributed by atoms with van der Waals surface area (Å²) in [6.07, 6.45) is 3.59. The SMILES string of the molecule is CSC1(C#N)CCN(Cc2ccc(C#N)cc2F)CC1. The maximum Gasteiger partial charge on any atom is 0.129 e. The number of nitriles is 2. The van der Waals surface area contributed by atoms with Gasteiger partial charge in [0.2, 0.25) is 0 Å². The molecule has 0 N–H and O–H groups in total. The van der Waals surface area contributed by atoms with Crippen LogP contribution in [0.2, 0.25) is 0 Å². The molecule has 3 nitrogen and oxygen atoms in total. The lowest BCUT2D eigenvalue weighted by molar-refractivity contribution is 0.207. The predicted molar refractivity (Wildman–Crippen MR) is 77.5 cm³/mol. The molecule has 20 heavy (non-hydrogen) atoms. The van der Waals surface area contributed by atoms with Crippen molar-refractivity contribution in [3.05, 3.63) is 35.1 Å². The molecule has 1 heterocycles. The van der Waals surface area contributed by atoms with Gasteiger partial charge in [-0.2, -0.15) is 10.5 Å². The summed E-state index contributed by atoms with van der Waals surface area (Å²) in [5, 5.41) is 18.0. The van der Waals surface area contributed by atoms with Crippen LogP contribution in [0.3, 0.4) is 0 Å². The Balaban J connectivity index is 2.00. The van der Waals surface area contributed by atoms with Gasteiger partial charge in [-0.05, 0) is 31.2 Å². The normalized spacial score (nSPS) is 18.2. The van der Waals surface area contributed by atoms with E-state index in [1.807, 2.05) is 12.3 Å². The van der Waals surface area contributed by atoms with E-state index in [1.165, 1.54) is 6.07 Å². The highest BCUT2D eigenvalue weighted by Gasteiger charge is 2.33. The summed E-state index contributed by atoms with van der Waals surface area (Å²) in [6, 6.07) is 8.93. The van der Waals surface area contributed by atoms with Crippen molar-refractivity contribution in [2.45, 2.75) is 24.1 Å². The van der Waals surface area contributed by atoms with E-state index in [-0.39, 0.29) is 10.6 Å². The van der Waals surface area contributed by atoms with E-state index in [0.717, 1.165) is 25.9 Å². The second kappa shape index (κ2) is 6.26. The molecule has 0 bridgehead atoms. The van der Waals surface area contributed by atoms with E-state index < -0.39 is 0 Å². The molecule has 0 unspecified atom stereocenters. The standard InChI is InChI=1S/C15H16FN3S/c1-20-15(11-18)4-6-19(7-5-15)10-13-3-2-12(9-17)8-14(13)16/h2-3,8H,4-7,10H2,1H3. The first-order valence-electron chi connectivity index (χ1n) is 6.50. The molecule has 1 aliphatic rings. The van der Waals surface area contributed by atoms with Crippen molar-refractivity contribution in [1.29, 1.82) is 10.5 Å². The van der Waals surface area contributed by atoms with Gasteiger partial charge in [0.15, 0.2) is 0 Å². The maximum atomic E-state index is 13.8. The van der Waals surface area contributed by atoms with Crippen LogP contribution in [-0.4, -0.2) is 29.0 Å². The minimum atomic E-state index is -0.328. The number of thioether (sulfide) groups is 1. The number of nitrogens with zero attached hydrogens (tertiary/aromatic N) is 3. The molecule has 0 saturated carbocycles. The predicted octanol–water partition coefficient (Wildman–Crippen LogP) is 2.92. The van der Waals surface area contributed by atoms with Crippen LogP contribution in [0.1, 0.15) is 24.0 Å².